The topological polar surface area (TPSA) is 58.4 Å². The van der Waals surface area contributed by atoms with E-state index in [2.05, 4.69) is 10.3 Å². The van der Waals surface area contributed by atoms with Crippen molar-refractivity contribution in [2.24, 2.45) is 0 Å². The van der Waals surface area contributed by atoms with Gasteiger partial charge in [0.15, 0.2) is 10.8 Å². The molecule has 24 heavy (non-hydrogen) atoms. The number of piperidine rings is 1. The highest BCUT2D eigenvalue weighted by Gasteiger charge is 2.22. The van der Waals surface area contributed by atoms with Crippen LogP contribution in [-0.2, 0) is 11.2 Å². The highest BCUT2D eigenvalue weighted by Crippen LogP contribution is 2.26. The van der Waals surface area contributed by atoms with E-state index in [0.29, 0.717) is 12.5 Å². The van der Waals surface area contributed by atoms with Gasteiger partial charge < -0.3 is 14.6 Å². The quantitative estimate of drug-likeness (QED) is 0.868. The van der Waals surface area contributed by atoms with Crippen LogP contribution in [0.4, 0.5) is 0 Å². The zero-order valence-electron chi connectivity index (χ0n) is 13.8. The maximum absolute atomic E-state index is 12.4. The van der Waals surface area contributed by atoms with Crippen LogP contribution in [-0.4, -0.2) is 42.0 Å². The molecule has 134 valence electrons. The van der Waals surface area contributed by atoms with E-state index in [0.717, 1.165) is 48.2 Å². The minimum Gasteiger partial charge on any atom is -0.459 e. The van der Waals surface area contributed by atoms with Gasteiger partial charge in [-0.05, 0) is 45.0 Å². The van der Waals surface area contributed by atoms with Crippen molar-refractivity contribution in [2.75, 3.05) is 20.1 Å². The maximum Gasteiger partial charge on any atom is 0.228 e. The molecule has 1 aliphatic rings. The van der Waals surface area contributed by atoms with Crippen LogP contribution in [0.5, 0.6) is 0 Å². The molecule has 1 fully saturated rings. The molecule has 2 aromatic heterocycles. The molecule has 3 rings (SSSR count). The van der Waals surface area contributed by atoms with Crippen LogP contribution in [0, 0.1) is 6.92 Å². The van der Waals surface area contributed by atoms with Crippen molar-refractivity contribution >= 4 is 42.1 Å². The summed E-state index contributed by atoms with van der Waals surface area (Å²) in [5.41, 5.74) is 0.819. The molecule has 1 N–H and O–H groups in total. The van der Waals surface area contributed by atoms with Gasteiger partial charge in [-0.3, -0.25) is 4.79 Å². The van der Waals surface area contributed by atoms with E-state index in [1.165, 1.54) is 11.3 Å². The second-order valence-electron chi connectivity index (χ2n) is 5.72. The monoisotopic (exact) mass is 391 g/mol. The van der Waals surface area contributed by atoms with Crippen molar-refractivity contribution in [1.82, 2.24) is 15.2 Å². The zero-order chi connectivity index (χ0) is 15.5. The second-order valence-corrected chi connectivity index (χ2v) is 6.57. The Morgan fingerprint density at radius 3 is 2.71 bits per heavy atom. The second kappa shape index (κ2) is 9.42. The molecule has 3 heterocycles. The highest BCUT2D eigenvalue weighted by molar-refractivity contribution is 7.13. The van der Waals surface area contributed by atoms with Crippen LogP contribution in [0.1, 0.15) is 24.3 Å². The summed E-state index contributed by atoms with van der Waals surface area (Å²) < 4.78 is 5.58. The molecule has 1 amide bonds. The molecule has 0 atom stereocenters. The van der Waals surface area contributed by atoms with Gasteiger partial charge in [0.1, 0.15) is 5.76 Å². The SMILES string of the molecule is Cc1ccc(-c2nc(CC(=O)N(C)C3CCNCC3)cs2)o1.Cl.Cl. The van der Waals surface area contributed by atoms with E-state index in [9.17, 15) is 4.79 Å². The minimum absolute atomic E-state index is 0. The fourth-order valence-electron chi connectivity index (χ4n) is 2.73. The molecule has 1 saturated heterocycles. The average Bonchev–Trinajstić information content (AvgIpc) is 3.16. The Hall–Kier alpha value is -1.08. The van der Waals surface area contributed by atoms with Crippen molar-refractivity contribution in [3.63, 3.8) is 0 Å². The van der Waals surface area contributed by atoms with E-state index in [1.807, 2.05) is 36.4 Å². The van der Waals surface area contributed by atoms with Gasteiger partial charge in [-0.15, -0.1) is 36.2 Å². The van der Waals surface area contributed by atoms with Gasteiger partial charge in [0.2, 0.25) is 5.91 Å². The number of likely N-dealkylation sites (N-methyl/N-ethyl adjacent to an activating group) is 1. The number of thiazole rings is 1. The summed E-state index contributed by atoms with van der Waals surface area (Å²) in [4.78, 5) is 18.8. The summed E-state index contributed by atoms with van der Waals surface area (Å²) in [6, 6.07) is 4.19. The number of amides is 1. The van der Waals surface area contributed by atoms with Gasteiger partial charge in [0.25, 0.3) is 0 Å². The van der Waals surface area contributed by atoms with Crippen molar-refractivity contribution in [1.29, 1.82) is 0 Å². The van der Waals surface area contributed by atoms with Gasteiger partial charge >= 0.3 is 0 Å². The molecule has 8 heteroatoms. The van der Waals surface area contributed by atoms with Crippen LogP contribution in [0.25, 0.3) is 10.8 Å². The van der Waals surface area contributed by atoms with E-state index >= 15 is 0 Å². The molecular formula is C16H23Cl2N3O2S. The number of hydrogen-bond donors (Lipinski definition) is 1. The Bertz CT molecular complexity index is 653. The molecule has 2 aromatic rings. The first-order valence-electron chi connectivity index (χ1n) is 7.61. The van der Waals surface area contributed by atoms with E-state index in [1.54, 1.807) is 0 Å². The Labute approximate surface area is 158 Å². The number of halogens is 2. The summed E-state index contributed by atoms with van der Waals surface area (Å²) >= 11 is 1.52. The molecule has 0 unspecified atom stereocenters. The number of aryl methyl sites for hydroxylation is 1. The lowest BCUT2D eigenvalue weighted by Gasteiger charge is -2.31. The lowest BCUT2D eigenvalue weighted by atomic mass is 10.0. The Morgan fingerprint density at radius 1 is 1.38 bits per heavy atom. The van der Waals surface area contributed by atoms with Crippen molar-refractivity contribution in [3.05, 3.63) is 29.0 Å². The first-order valence-corrected chi connectivity index (χ1v) is 8.49. The van der Waals surface area contributed by atoms with Gasteiger partial charge in [-0.1, -0.05) is 0 Å². The molecule has 5 nitrogen and oxygen atoms in total. The Morgan fingerprint density at radius 2 is 2.08 bits per heavy atom. The lowest BCUT2D eigenvalue weighted by Crippen LogP contribution is -2.44. The van der Waals surface area contributed by atoms with E-state index in [-0.39, 0.29) is 30.7 Å². The maximum atomic E-state index is 12.4. The van der Waals surface area contributed by atoms with Gasteiger partial charge in [0.05, 0.1) is 12.1 Å². The number of nitrogens with zero attached hydrogens (tertiary/aromatic N) is 2. The predicted octanol–water partition coefficient (Wildman–Crippen LogP) is 3.31. The van der Waals surface area contributed by atoms with Crippen molar-refractivity contribution in [3.8, 4) is 10.8 Å². The number of aromatic nitrogens is 1. The average molecular weight is 392 g/mol. The zero-order valence-corrected chi connectivity index (χ0v) is 16.2. The largest absolute Gasteiger partial charge is 0.459 e. The van der Waals surface area contributed by atoms with Crippen molar-refractivity contribution < 1.29 is 9.21 Å². The lowest BCUT2D eigenvalue weighted by molar-refractivity contribution is -0.131. The van der Waals surface area contributed by atoms with Crippen LogP contribution in [0.2, 0.25) is 0 Å². The third-order valence-corrected chi connectivity index (χ3v) is 4.99. The van der Waals surface area contributed by atoms with Gasteiger partial charge in [-0.2, -0.15) is 0 Å². The molecule has 0 spiro atoms. The Kier molecular flexibility index (Phi) is 8.22. The van der Waals surface area contributed by atoms with Crippen LogP contribution >= 0.6 is 36.2 Å². The summed E-state index contributed by atoms with van der Waals surface area (Å²) in [6.07, 6.45) is 2.41. The summed E-state index contributed by atoms with van der Waals surface area (Å²) in [5, 5.41) is 6.10. The third kappa shape index (κ3) is 4.96. The standard InChI is InChI=1S/C16H21N3O2S.2ClH/c1-11-3-4-14(21-11)16-18-12(10-22-16)9-15(20)19(2)13-5-7-17-8-6-13;;/h3-4,10,13,17H,5-9H2,1-2H3;2*1H. The molecular weight excluding hydrogens is 369 g/mol. The number of hydrogen-bond acceptors (Lipinski definition) is 5. The number of rotatable bonds is 4. The number of nitrogens with one attached hydrogen (secondary N) is 1. The number of furan rings is 1. The molecule has 0 bridgehead atoms. The predicted molar refractivity (Wildman–Crippen MR) is 101 cm³/mol. The van der Waals surface area contributed by atoms with Crippen LogP contribution in [0.3, 0.4) is 0 Å². The molecule has 1 aliphatic heterocycles. The normalized spacial score (nSPS) is 14.6. The molecule has 0 aliphatic carbocycles. The van der Waals surface area contributed by atoms with Crippen molar-refractivity contribution in [2.45, 2.75) is 32.2 Å². The third-order valence-electron chi connectivity index (χ3n) is 4.09. The molecule has 0 aromatic carbocycles. The van der Waals surface area contributed by atoms with Gasteiger partial charge in [-0.25, -0.2) is 4.98 Å². The molecule has 0 radical (unpaired) electrons. The minimum atomic E-state index is 0. The smallest absolute Gasteiger partial charge is 0.228 e. The van der Waals surface area contributed by atoms with E-state index < -0.39 is 0 Å². The van der Waals surface area contributed by atoms with Gasteiger partial charge in [0, 0.05) is 18.5 Å². The van der Waals surface area contributed by atoms with Crippen LogP contribution in [0.15, 0.2) is 21.9 Å². The summed E-state index contributed by atoms with van der Waals surface area (Å²) in [7, 11) is 1.90. The molecule has 0 saturated carbocycles. The highest BCUT2D eigenvalue weighted by atomic mass is 35.5. The summed E-state index contributed by atoms with van der Waals surface area (Å²) in [6.45, 7) is 3.89. The number of carbonyl (C=O) groups excluding carboxylic acids is 1. The Balaban J connectivity index is 0.00000144. The summed E-state index contributed by atoms with van der Waals surface area (Å²) in [5.74, 6) is 1.78. The fraction of sp³-hybridized carbons (Fsp3) is 0.500. The first-order chi connectivity index (χ1) is 10.6. The fourth-order valence-corrected chi connectivity index (χ4v) is 3.51. The first kappa shape index (κ1) is 21.0. The number of carbonyl (C=O) groups is 1. The van der Waals surface area contributed by atoms with E-state index in [4.69, 9.17) is 4.42 Å². The van der Waals surface area contributed by atoms with Crippen LogP contribution < -0.4 is 5.32 Å².